The Hall–Kier alpha value is -1.69. The van der Waals surface area contributed by atoms with E-state index in [9.17, 15) is 4.21 Å². The molecule has 4 nitrogen and oxygen atoms in total. The van der Waals surface area contributed by atoms with E-state index in [1.807, 2.05) is 18.2 Å². The van der Waals surface area contributed by atoms with E-state index in [0.717, 1.165) is 6.92 Å². The van der Waals surface area contributed by atoms with E-state index >= 15 is 0 Å². The zero-order valence-corrected chi connectivity index (χ0v) is 11.1. The van der Waals surface area contributed by atoms with Crippen molar-refractivity contribution in [2.45, 2.75) is 22.7 Å². The average molecular weight is 278 g/mol. The smallest absolute Gasteiger partial charge is 0.318 e. The van der Waals surface area contributed by atoms with Gasteiger partial charge in [-0.1, -0.05) is 18.2 Å². The van der Waals surface area contributed by atoms with Crippen LogP contribution in [0.3, 0.4) is 0 Å². The molecule has 1 unspecified atom stereocenters. The van der Waals surface area contributed by atoms with Gasteiger partial charge in [0.2, 0.25) is 0 Å². The van der Waals surface area contributed by atoms with Crippen LogP contribution in [0.1, 0.15) is 6.92 Å². The topological polar surface area (TPSA) is 66.8 Å². The van der Waals surface area contributed by atoms with E-state index in [1.165, 1.54) is 0 Å². The van der Waals surface area contributed by atoms with Gasteiger partial charge in [-0.2, -0.15) is 0 Å². The largest absolute Gasteiger partial charge is 0.439 e. The lowest BCUT2D eigenvalue weighted by atomic mass is 10.3. The van der Waals surface area contributed by atoms with Gasteiger partial charge >= 0.3 is 5.97 Å². The molecule has 0 aliphatic carbocycles. The van der Waals surface area contributed by atoms with Gasteiger partial charge in [0.05, 0.1) is 10.8 Å². The van der Waals surface area contributed by atoms with Crippen LogP contribution in [-0.2, 0) is 10.8 Å². The van der Waals surface area contributed by atoms with Crippen molar-refractivity contribution in [3.05, 3.63) is 54.6 Å². The van der Waals surface area contributed by atoms with Gasteiger partial charge in [0.15, 0.2) is 0 Å². The predicted molar refractivity (Wildman–Crippen MR) is 71.0 cm³/mol. The van der Waals surface area contributed by atoms with Crippen molar-refractivity contribution in [2.75, 3.05) is 0 Å². The van der Waals surface area contributed by atoms with E-state index in [1.54, 1.807) is 36.4 Å². The molecule has 0 aliphatic rings. The monoisotopic (exact) mass is 278 g/mol. The maximum atomic E-state index is 12.2. The van der Waals surface area contributed by atoms with Crippen LogP contribution < -0.4 is 4.74 Å². The molecular weight excluding hydrogens is 264 g/mol. The Bertz CT molecular complexity index is 558. The molecule has 0 radical (unpaired) electrons. The maximum absolute atomic E-state index is 12.2. The Kier molecular flexibility index (Phi) is 3.99. The highest BCUT2D eigenvalue weighted by Crippen LogP contribution is 2.21. The Labute approximate surface area is 113 Å². The summed E-state index contributed by atoms with van der Waals surface area (Å²) in [6.45, 7) is 1.11. The van der Waals surface area contributed by atoms with Crippen molar-refractivity contribution in [3.8, 4) is 5.75 Å². The molecule has 0 bridgehead atoms. The number of benzene rings is 2. The van der Waals surface area contributed by atoms with Crippen molar-refractivity contribution in [3.63, 3.8) is 0 Å². The molecule has 0 aromatic heterocycles. The van der Waals surface area contributed by atoms with Crippen molar-refractivity contribution >= 4 is 10.8 Å². The molecule has 19 heavy (non-hydrogen) atoms. The highest BCUT2D eigenvalue weighted by Gasteiger charge is 2.17. The predicted octanol–water partition coefficient (Wildman–Crippen LogP) is 1.89. The van der Waals surface area contributed by atoms with Gasteiger partial charge < -0.3 is 14.9 Å². The third kappa shape index (κ3) is 3.89. The quantitative estimate of drug-likeness (QED) is 0.838. The van der Waals surface area contributed by atoms with Crippen LogP contribution in [0, 0.1) is 0 Å². The summed E-state index contributed by atoms with van der Waals surface area (Å²) in [6, 6.07) is 15.4. The van der Waals surface area contributed by atoms with Crippen LogP contribution >= 0.6 is 0 Å². The second kappa shape index (κ2) is 5.52. The van der Waals surface area contributed by atoms with Crippen LogP contribution in [0.4, 0.5) is 0 Å². The number of aliphatic hydroxyl groups is 2. The van der Waals surface area contributed by atoms with Crippen molar-refractivity contribution in [1.82, 2.24) is 0 Å². The molecule has 0 heterocycles. The van der Waals surface area contributed by atoms with Crippen molar-refractivity contribution in [2.24, 2.45) is 0 Å². The number of hydrogen-bond acceptors (Lipinski definition) is 4. The summed E-state index contributed by atoms with van der Waals surface area (Å²) in [5.74, 6) is -1.93. The second-order valence-corrected chi connectivity index (χ2v) is 5.57. The minimum absolute atomic E-state index is 0.293. The van der Waals surface area contributed by atoms with Gasteiger partial charge in [0.1, 0.15) is 5.75 Å². The van der Waals surface area contributed by atoms with E-state index in [0.29, 0.717) is 15.5 Å². The van der Waals surface area contributed by atoms with Gasteiger partial charge in [-0.3, -0.25) is 0 Å². The van der Waals surface area contributed by atoms with Crippen LogP contribution in [0.5, 0.6) is 5.75 Å². The fraction of sp³-hybridized carbons (Fsp3) is 0.143. The number of rotatable bonds is 4. The number of ether oxygens (including phenoxy) is 1. The summed E-state index contributed by atoms with van der Waals surface area (Å²) in [6.07, 6.45) is 0. The zero-order valence-electron chi connectivity index (χ0n) is 10.3. The molecule has 100 valence electrons. The Morgan fingerprint density at radius 2 is 1.47 bits per heavy atom. The summed E-state index contributed by atoms with van der Waals surface area (Å²) in [5, 5.41) is 18.2. The van der Waals surface area contributed by atoms with Crippen molar-refractivity contribution in [1.29, 1.82) is 0 Å². The molecule has 0 fully saturated rings. The zero-order chi connectivity index (χ0) is 13.9. The Morgan fingerprint density at radius 3 is 2.00 bits per heavy atom. The molecule has 5 heteroatoms. The Balaban J connectivity index is 2.17. The molecule has 0 saturated carbocycles. The molecule has 2 rings (SSSR count). The lowest BCUT2D eigenvalue weighted by molar-refractivity contribution is -0.277. The summed E-state index contributed by atoms with van der Waals surface area (Å²) in [5.41, 5.74) is 0. The molecule has 2 aromatic carbocycles. The SMILES string of the molecule is CC(O)(O)Oc1ccc(S(=O)c2ccccc2)cc1. The highest BCUT2D eigenvalue weighted by molar-refractivity contribution is 7.85. The minimum atomic E-state index is -2.22. The fourth-order valence-electron chi connectivity index (χ4n) is 1.53. The lowest BCUT2D eigenvalue weighted by Gasteiger charge is -2.17. The normalized spacial score (nSPS) is 13.0. The van der Waals surface area contributed by atoms with Crippen LogP contribution in [0.2, 0.25) is 0 Å². The third-order valence-electron chi connectivity index (χ3n) is 2.31. The van der Waals surface area contributed by atoms with Gasteiger partial charge in [0.25, 0.3) is 0 Å². The fourth-order valence-corrected chi connectivity index (χ4v) is 2.59. The first-order chi connectivity index (χ1) is 8.96. The van der Waals surface area contributed by atoms with Gasteiger partial charge in [-0.05, 0) is 36.4 Å². The van der Waals surface area contributed by atoms with E-state index in [-0.39, 0.29) is 0 Å². The van der Waals surface area contributed by atoms with Gasteiger partial charge in [0, 0.05) is 16.7 Å². The summed E-state index contributed by atoms with van der Waals surface area (Å²) in [7, 11) is -1.26. The van der Waals surface area contributed by atoms with Gasteiger partial charge in [-0.15, -0.1) is 0 Å². The summed E-state index contributed by atoms with van der Waals surface area (Å²) in [4.78, 5) is 1.33. The first-order valence-electron chi connectivity index (χ1n) is 5.66. The van der Waals surface area contributed by atoms with Crippen LogP contribution in [0.15, 0.2) is 64.4 Å². The molecule has 2 N–H and O–H groups in total. The van der Waals surface area contributed by atoms with E-state index in [2.05, 4.69) is 0 Å². The molecule has 2 aromatic rings. The Morgan fingerprint density at radius 1 is 0.947 bits per heavy atom. The minimum Gasteiger partial charge on any atom is -0.439 e. The van der Waals surface area contributed by atoms with E-state index < -0.39 is 16.8 Å². The maximum Gasteiger partial charge on any atom is 0.318 e. The molecule has 0 aliphatic heterocycles. The van der Waals surface area contributed by atoms with Gasteiger partial charge in [-0.25, -0.2) is 4.21 Å². The van der Waals surface area contributed by atoms with E-state index in [4.69, 9.17) is 14.9 Å². The standard InChI is InChI=1S/C14H14O4S/c1-14(15,16)18-11-7-9-13(10-8-11)19(17)12-5-3-2-4-6-12/h2-10,15-16H,1H3. The molecule has 0 spiro atoms. The number of hydrogen-bond donors (Lipinski definition) is 2. The molecule has 0 saturated heterocycles. The van der Waals surface area contributed by atoms with Crippen molar-refractivity contribution < 1.29 is 19.2 Å². The third-order valence-corrected chi connectivity index (χ3v) is 3.71. The lowest BCUT2D eigenvalue weighted by Crippen LogP contribution is -2.30. The molecule has 1 atom stereocenters. The molecule has 0 amide bonds. The molecular formula is C14H14O4S. The summed E-state index contributed by atoms with van der Waals surface area (Å²) < 4.78 is 17.1. The average Bonchev–Trinajstić information content (AvgIpc) is 2.38. The first-order valence-corrected chi connectivity index (χ1v) is 6.81. The summed E-state index contributed by atoms with van der Waals surface area (Å²) >= 11 is 0. The van der Waals surface area contributed by atoms with Crippen LogP contribution in [0.25, 0.3) is 0 Å². The van der Waals surface area contributed by atoms with Crippen LogP contribution in [-0.4, -0.2) is 20.4 Å². The second-order valence-electron chi connectivity index (χ2n) is 4.09. The first kappa shape index (κ1) is 13.7. The highest BCUT2D eigenvalue weighted by atomic mass is 32.2.